The Kier molecular flexibility index (Phi) is 6.18. The number of hydrogen-bond acceptors (Lipinski definition) is 5. The van der Waals surface area contributed by atoms with Gasteiger partial charge in [-0.3, -0.25) is 5.32 Å². The molecular formula is C12H19NO3S. The van der Waals surface area contributed by atoms with Crippen molar-refractivity contribution in [3.63, 3.8) is 0 Å². The van der Waals surface area contributed by atoms with Gasteiger partial charge in [0.15, 0.2) is 0 Å². The number of methoxy groups -OCH3 is 1. The molecule has 0 saturated carbocycles. The van der Waals surface area contributed by atoms with Gasteiger partial charge < -0.3 is 9.47 Å². The van der Waals surface area contributed by atoms with Crippen molar-refractivity contribution in [3.05, 3.63) is 21.9 Å². The summed E-state index contributed by atoms with van der Waals surface area (Å²) < 4.78 is 10.0. The van der Waals surface area contributed by atoms with Gasteiger partial charge >= 0.3 is 5.97 Å². The van der Waals surface area contributed by atoms with Gasteiger partial charge in [0.1, 0.15) is 6.04 Å². The molecule has 0 bridgehead atoms. The summed E-state index contributed by atoms with van der Waals surface area (Å²) in [4.78, 5) is 14.0. The quantitative estimate of drug-likeness (QED) is 0.598. The van der Waals surface area contributed by atoms with Crippen molar-refractivity contribution in [2.75, 3.05) is 26.9 Å². The van der Waals surface area contributed by atoms with Crippen LogP contribution in [0.3, 0.4) is 0 Å². The summed E-state index contributed by atoms with van der Waals surface area (Å²) in [5.41, 5.74) is 0. The number of thiophene rings is 1. The van der Waals surface area contributed by atoms with Gasteiger partial charge in [-0.1, -0.05) is 0 Å². The molecule has 0 aliphatic carbocycles. The molecule has 4 nitrogen and oxygen atoms in total. The molecule has 17 heavy (non-hydrogen) atoms. The average molecular weight is 257 g/mol. The Labute approximate surface area is 106 Å². The van der Waals surface area contributed by atoms with E-state index in [0.29, 0.717) is 19.8 Å². The Morgan fingerprint density at radius 1 is 1.53 bits per heavy atom. The lowest BCUT2D eigenvalue weighted by Gasteiger charge is -2.15. The Balaban J connectivity index is 2.68. The minimum absolute atomic E-state index is 0.231. The van der Waals surface area contributed by atoms with E-state index in [9.17, 15) is 4.79 Å². The molecule has 1 aromatic heterocycles. The van der Waals surface area contributed by atoms with Gasteiger partial charge in [-0.25, -0.2) is 4.79 Å². The van der Waals surface area contributed by atoms with E-state index in [2.05, 4.69) is 5.32 Å². The number of carbonyl (C=O) groups is 1. The summed E-state index contributed by atoms with van der Waals surface area (Å²) in [6.07, 6.45) is 0. The monoisotopic (exact) mass is 257 g/mol. The van der Waals surface area contributed by atoms with Crippen LogP contribution in [-0.4, -0.2) is 32.8 Å². The molecule has 0 aromatic carbocycles. The van der Waals surface area contributed by atoms with Gasteiger partial charge in [0.2, 0.25) is 0 Å². The molecule has 0 spiro atoms. The normalized spacial score (nSPS) is 12.4. The number of aryl methyl sites for hydroxylation is 1. The highest BCUT2D eigenvalue weighted by molar-refractivity contribution is 7.12. The van der Waals surface area contributed by atoms with Crippen LogP contribution < -0.4 is 5.32 Å². The van der Waals surface area contributed by atoms with Crippen LogP contribution in [0.15, 0.2) is 12.1 Å². The third-order valence-electron chi connectivity index (χ3n) is 2.22. The number of carbonyl (C=O) groups excluding carboxylic acids is 1. The highest BCUT2D eigenvalue weighted by atomic mass is 32.1. The molecule has 1 N–H and O–H groups in total. The highest BCUT2D eigenvalue weighted by Gasteiger charge is 2.22. The first kappa shape index (κ1) is 14.2. The number of esters is 1. The van der Waals surface area contributed by atoms with Crippen molar-refractivity contribution >= 4 is 17.3 Å². The molecule has 1 rings (SSSR count). The zero-order valence-electron chi connectivity index (χ0n) is 10.5. The van der Waals surface area contributed by atoms with E-state index in [0.717, 1.165) is 4.88 Å². The molecule has 0 radical (unpaired) electrons. The molecule has 0 amide bonds. The first-order valence-corrected chi connectivity index (χ1v) is 6.46. The van der Waals surface area contributed by atoms with E-state index in [1.165, 1.54) is 4.88 Å². The summed E-state index contributed by atoms with van der Waals surface area (Å²) in [6, 6.07) is 3.58. The Morgan fingerprint density at radius 3 is 2.82 bits per heavy atom. The van der Waals surface area contributed by atoms with Crippen LogP contribution in [0, 0.1) is 6.92 Å². The number of hydrogen-bond donors (Lipinski definition) is 1. The van der Waals surface area contributed by atoms with Crippen LogP contribution in [0.4, 0.5) is 0 Å². The average Bonchev–Trinajstić information content (AvgIpc) is 2.71. The first-order chi connectivity index (χ1) is 8.19. The molecule has 96 valence electrons. The fourth-order valence-corrected chi connectivity index (χ4v) is 2.38. The molecule has 1 aromatic rings. The van der Waals surface area contributed by atoms with Gasteiger partial charge in [0, 0.05) is 23.4 Å². The van der Waals surface area contributed by atoms with E-state index in [4.69, 9.17) is 9.47 Å². The van der Waals surface area contributed by atoms with E-state index >= 15 is 0 Å². The van der Waals surface area contributed by atoms with Crippen molar-refractivity contribution in [1.29, 1.82) is 0 Å². The summed E-state index contributed by atoms with van der Waals surface area (Å²) in [5, 5.41) is 3.15. The summed E-state index contributed by atoms with van der Waals surface area (Å²) in [6.45, 7) is 5.41. The van der Waals surface area contributed by atoms with Gasteiger partial charge in [-0.05, 0) is 26.0 Å². The maximum absolute atomic E-state index is 11.8. The topological polar surface area (TPSA) is 47.6 Å². The fourth-order valence-electron chi connectivity index (χ4n) is 1.44. The molecule has 1 atom stereocenters. The van der Waals surface area contributed by atoms with Gasteiger partial charge in [0.05, 0.1) is 13.2 Å². The summed E-state index contributed by atoms with van der Waals surface area (Å²) in [5.74, 6) is -0.231. The van der Waals surface area contributed by atoms with Crippen LogP contribution in [0.2, 0.25) is 0 Å². The standard InChI is InChI=1S/C12H19NO3S/c1-4-16-12(14)11(13-7-8-15-3)10-6-5-9(2)17-10/h5-6,11,13H,4,7-8H2,1-3H3. The lowest BCUT2D eigenvalue weighted by Crippen LogP contribution is -2.31. The number of rotatable bonds is 7. The van der Waals surface area contributed by atoms with Crippen LogP contribution in [-0.2, 0) is 14.3 Å². The Bertz CT molecular complexity index is 351. The smallest absolute Gasteiger partial charge is 0.328 e. The molecule has 0 aliphatic rings. The lowest BCUT2D eigenvalue weighted by molar-refractivity contribution is -0.145. The van der Waals surface area contributed by atoms with Crippen LogP contribution >= 0.6 is 11.3 Å². The van der Waals surface area contributed by atoms with Gasteiger partial charge in [-0.15, -0.1) is 11.3 Å². The molecule has 0 saturated heterocycles. The second kappa shape index (κ2) is 7.42. The zero-order valence-corrected chi connectivity index (χ0v) is 11.3. The maximum Gasteiger partial charge on any atom is 0.328 e. The SMILES string of the molecule is CCOC(=O)C(NCCOC)c1ccc(C)s1. The number of ether oxygens (including phenoxy) is 2. The molecule has 1 unspecified atom stereocenters. The van der Waals surface area contributed by atoms with Crippen molar-refractivity contribution in [1.82, 2.24) is 5.32 Å². The lowest BCUT2D eigenvalue weighted by atomic mass is 10.2. The molecular weight excluding hydrogens is 238 g/mol. The van der Waals surface area contributed by atoms with Crippen LogP contribution in [0.5, 0.6) is 0 Å². The number of nitrogens with one attached hydrogen (secondary N) is 1. The fraction of sp³-hybridized carbons (Fsp3) is 0.583. The predicted octanol–water partition coefficient (Wildman–Crippen LogP) is 1.90. The Morgan fingerprint density at radius 2 is 2.29 bits per heavy atom. The minimum Gasteiger partial charge on any atom is -0.465 e. The van der Waals surface area contributed by atoms with E-state index in [1.54, 1.807) is 18.4 Å². The van der Waals surface area contributed by atoms with Crippen molar-refractivity contribution in [2.24, 2.45) is 0 Å². The van der Waals surface area contributed by atoms with Gasteiger partial charge in [-0.2, -0.15) is 0 Å². The molecule has 1 heterocycles. The van der Waals surface area contributed by atoms with E-state index in [1.807, 2.05) is 26.0 Å². The maximum atomic E-state index is 11.8. The highest BCUT2D eigenvalue weighted by Crippen LogP contribution is 2.23. The van der Waals surface area contributed by atoms with Crippen molar-refractivity contribution in [3.8, 4) is 0 Å². The van der Waals surface area contributed by atoms with E-state index in [-0.39, 0.29) is 12.0 Å². The van der Waals surface area contributed by atoms with Crippen molar-refractivity contribution in [2.45, 2.75) is 19.9 Å². The molecule has 0 aliphatic heterocycles. The molecule has 5 heteroatoms. The second-order valence-corrected chi connectivity index (χ2v) is 4.90. The third kappa shape index (κ3) is 4.46. The third-order valence-corrected chi connectivity index (χ3v) is 3.29. The predicted molar refractivity (Wildman–Crippen MR) is 68.3 cm³/mol. The Hall–Kier alpha value is -0.910. The van der Waals surface area contributed by atoms with Crippen molar-refractivity contribution < 1.29 is 14.3 Å². The zero-order chi connectivity index (χ0) is 12.7. The first-order valence-electron chi connectivity index (χ1n) is 5.64. The van der Waals surface area contributed by atoms with Crippen LogP contribution in [0.1, 0.15) is 22.7 Å². The summed E-state index contributed by atoms with van der Waals surface area (Å²) in [7, 11) is 1.64. The minimum atomic E-state index is -0.385. The van der Waals surface area contributed by atoms with E-state index < -0.39 is 0 Å². The van der Waals surface area contributed by atoms with Gasteiger partial charge in [0.25, 0.3) is 0 Å². The van der Waals surface area contributed by atoms with Crippen LogP contribution in [0.25, 0.3) is 0 Å². The summed E-state index contributed by atoms with van der Waals surface area (Å²) >= 11 is 1.60. The second-order valence-electron chi connectivity index (χ2n) is 3.58. The molecule has 0 fully saturated rings. The largest absolute Gasteiger partial charge is 0.465 e.